The summed E-state index contributed by atoms with van der Waals surface area (Å²) in [5.74, 6) is -0.475. The zero-order valence-electron chi connectivity index (χ0n) is 16.7. The van der Waals surface area contributed by atoms with E-state index in [0.29, 0.717) is 31.5 Å². The van der Waals surface area contributed by atoms with Crippen LogP contribution in [-0.2, 0) is 23.9 Å². The number of fused-ring (bicyclic) bond motifs is 1. The van der Waals surface area contributed by atoms with Crippen LogP contribution >= 0.6 is 0 Å². The zero-order chi connectivity index (χ0) is 21.5. The normalized spacial score (nSPS) is 17.6. The molecule has 1 amide bonds. The Balaban J connectivity index is 1.62. The molecule has 1 aliphatic heterocycles. The van der Waals surface area contributed by atoms with E-state index in [4.69, 9.17) is 4.52 Å². The fourth-order valence-corrected chi connectivity index (χ4v) is 3.93. The van der Waals surface area contributed by atoms with Crippen molar-refractivity contribution < 1.29 is 22.5 Å². The topological polar surface area (TPSA) is 77.0 Å². The van der Waals surface area contributed by atoms with Crippen LogP contribution in [-0.4, -0.2) is 43.8 Å². The number of hydrogen-bond donors (Lipinski definition) is 0. The number of alkyl halides is 3. The van der Waals surface area contributed by atoms with Crippen LogP contribution in [0.4, 0.5) is 13.2 Å². The number of aromatic nitrogens is 4. The molecule has 4 rings (SSSR count). The van der Waals surface area contributed by atoms with E-state index < -0.39 is 11.7 Å². The summed E-state index contributed by atoms with van der Waals surface area (Å²) in [4.78, 5) is 18.5. The van der Waals surface area contributed by atoms with Gasteiger partial charge in [-0.25, -0.2) is 4.98 Å². The van der Waals surface area contributed by atoms with Crippen LogP contribution in [0.25, 0.3) is 11.1 Å². The molecule has 0 bridgehead atoms. The third-order valence-electron chi connectivity index (χ3n) is 5.41. The number of piperidine rings is 1. The van der Waals surface area contributed by atoms with Crippen molar-refractivity contribution in [3.63, 3.8) is 0 Å². The van der Waals surface area contributed by atoms with Gasteiger partial charge in [-0.05, 0) is 37.8 Å². The molecule has 3 aromatic rings. The largest absolute Gasteiger partial charge is 0.417 e. The Labute approximate surface area is 170 Å². The van der Waals surface area contributed by atoms with Crippen LogP contribution < -0.4 is 0 Å². The zero-order valence-corrected chi connectivity index (χ0v) is 16.7. The third-order valence-corrected chi connectivity index (χ3v) is 5.41. The van der Waals surface area contributed by atoms with E-state index in [9.17, 15) is 18.0 Å². The molecule has 1 aliphatic rings. The van der Waals surface area contributed by atoms with Crippen LogP contribution in [0.5, 0.6) is 0 Å². The van der Waals surface area contributed by atoms with Gasteiger partial charge < -0.3 is 9.42 Å². The lowest BCUT2D eigenvalue weighted by Crippen LogP contribution is -2.41. The minimum atomic E-state index is -4.55. The van der Waals surface area contributed by atoms with Gasteiger partial charge in [-0.15, -0.1) is 0 Å². The Hall–Kier alpha value is -2.91. The van der Waals surface area contributed by atoms with E-state index in [1.807, 2.05) is 6.92 Å². The molecule has 4 heterocycles. The monoisotopic (exact) mass is 421 g/mol. The molecule has 1 unspecified atom stereocenters. The SMILES string of the molecule is CCc1cc(C(F)(F)F)c2c(C3CCCN(C(=O)Cn4cc(C)cn4)C3)noc2n1. The van der Waals surface area contributed by atoms with Crippen molar-refractivity contribution in [3.05, 3.63) is 41.0 Å². The summed E-state index contributed by atoms with van der Waals surface area (Å²) in [5, 5.41) is 7.98. The maximum Gasteiger partial charge on any atom is 0.417 e. The maximum atomic E-state index is 13.7. The van der Waals surface area contributed by atoms with Crippen LogP contribution in [0.2, 0.25) is 0 Å². The Morgan fingerprint density at radius 3 is 2.83 bits per heavy atom. The molecule has 0 aromatic carbocycles. The second kappa shape index (κ2) is 7.73. The summed E-state index contributed by atoms with van der Waals surface area (Å²) in [5.41, 5.74) is 0.586. The van der Waals surface area contributed by atoms with Crippen molar-refractivity contribution >= 4 is 17.0 Å². The van der Waals surface area contributed by atoms with Gasteiger partial charge in [0, 0.05) is 30.9 Å². The van der Waals surface area contributed by atoms with Gasteiger partial charge in [0.05, 0.1) is 22.8 Å². The van der Waals surface area contributed by atoms with Crippen LogP contribution in [0.15, 0.2) is 23.0 Å². The number of hydrogen-bond acceptors (Lipinski definition) is 5. The Bertz CT molecular complexity index is 1070. The smallest absolute Gasteiger partial charge is 0.340 e. The summed E-state index contributed by atoms with van der Waals surface area (Å²) in [6.45, 7) is 4.55. The minimum absolute atomic E-state index is 0.0926. The number of nitrogens with zero attached hydrogens (tertiary/aromatic N) is 5. The van der Waals surface area contributed by atoms with Gasteiger partial charge in [0.1, 0.15) is 6.54 Å². The molecule has 1 fully saturated rings. The Kier molecular flexibility index (Phi) is 5.25. The van der Waals surface area contributed by atoms with E-state index in [2.05, 4.69) is 15.2 Å². The number of halogens is 3. The minimum Gasteiger partial charge on any atom is -0.340 e. The molecule has 1 saturated heterocycles. The van der Waals surface area contributed by atoms with Crippen LogP contribution in [0.1, 0.15) is 48.2 Å². The highest BCUT2D eigenvalue weighted by molar-refractivity contribution is 5.82. The first-order valence-corrected chi connectivity index (χ1v) is 9.89. The molecule has 30 heavy (non-hydrogen) atoms. The molecule has 1 atom stereocenters. The third kappa shape index (κ3) is 3.90. The van der Waals surface area contributed by atoms with Gasteiger partial charge in [-0.1, -0.05) is 12.1 Å². The number of likely N-dealkylation sites (tertiary alicyclic amines) is 1. The Morgan fingerprint density at radius 2 is 2.17 bits per heavy atom. The molecular formula is C20H22F3N5O2. The fraction of sp³-hybridized carbons (Fsp3) is 0.500. The molecule has 0 aliphatic carbocycles. The average molecular weight is 421 g/mol. The second-order valence-corrected chi connectivity index (χ2v) is 7.65. The van der Waals surface area contributed by atoms with Gasteiger partial charge >= 0.3 is 6.18 Å². The lowest BCUT2D eigenvalue weighted by molar-refractivity contribution is -0.136. The van der Waals surface area contributed by atoms with E-state index in [1.54, 1.807) is 28.9 Å². The lowest BCUT2D eigenvalue weighted by atomic mass is 9.91. The number of pyridine rings is 1. The lowest BCUT2D eigenvalue weighted by Gasteiger charge is -2.32. The van der Waals surface area contributed by atoms with Gasteiger partial charge in [0.25, 0.3) is 5.71 Å². The summed E-state index contributed by atoms with van der Waals surface area (Å²) in [6, 6.07) is 1.06. The number of carbonyl (C=O) groups is 1. The first-order valence-electron chi connectivity index (χ1n) is 9.89. The molecule has 0 saturated carbocycles. The summed E-state index contributed by atoms with van der Waals surface area (Å²) >= 11 is 0. The van der Waals surface area contributed by atoms with E-state index in [1.165, 1.54) is 0 Å². The van der Waals surface area contributed by atoms with Crippen molar-refractivity contribution in [2.75, 3.05) is 13.1 Å². The highest BCUT2D eigenvalue weighted by atomic mass is 19.4. The average Bonchev–Trinajstić information content (AvgIpc) is 3.32. The first kappa shape index (κ1) is 20.4. The number of rotatable bonds is 4. The van der Waals surface area contributed by atoms with Crippen molar-refractivity contribution in [2.24, 2.45) is 0 Å². The quantitative estimate of drug-likeness (QED) is 0.642. The van der Waals surface area contributed by atoms with E-state index in [0.717, 1.165) is 11.6 Å². The van der Waals surface area contributed by atoms with Gasteiger partial charge in [-0.2, -0.15) is 18.3 Å². The van der Waals surface area contributed by atoms with Crippen molar-refractivity contribution in [2.45, 2.75) is 51.7 Å². The van der Waals surface area contributed by atoms with Crippen LogP contribution in [0.3, 0.4) is 0 Å². The molecule has 0 radical (unpaired) electrons. The predicted molar refractivity (Wildman–Crippen MR) is 102 cm³/mol. The summed E-state index contributed by atoms with van der Waals surface area (Å²) in [7, 11) is 0. The Morgan fingerprint density at radius 1 is 1.37 bits per heavy atom. The molecule has 0 spiro atoms. The van der Waals surface area contributed by atoms with Crippen molar-refractivity contribution in [3.8, 4) is 0 Å². The number of amides is 1. The van der Waals surface area contributed by atoms with Crippen LogP contribution in [0, 0.1) is 6.92 Å². The molecule has 10 heteroatoms. The van der Waals surface area contributed by atoms with Crippen molar-refractivity contribution in [1.82, 2.24) is 24.8 Å². The molecule has 160 valence electrons. The van der Waals surface area contributed by atoms with Gasteiger partial charge in [0.2, 0.25) is 5.91 Å². The molecule has 7 nitrogen and oxygen atoms in total. The number of aryl methyl sites for hydroxylation is 2. The standard InChI is InChI=1S/C20H22F3N5O2/c1-3-14-7-15(20(21,22)23)17-18(26-30-19(17)25-14)13-5-4-6-27(10-13)16(29)11-28-9-12(2)8-24-28/h7-9,13H,3-6,10-11H2,1-2H3. The predicted octanol–water partition coefficient (Wildman–Crippen LogP) is 3.72. The van der Waals surface area contributed by atoms with Gasteiger partial charge in [-0.3, -0.25) is 9.48 Å². The molecule has 3 aromatic heterocycles. The number of carbonyl (C=O) groups excluding carboxylic acids is 1. The fourth-order valence-electron chi connectivity index (χ4n) is 3.93. The molecular weight excluding hydrogens is 399 g/mol. The summed E-state index contributed by atoms with van der Waals surface area (Å²) in [6.07, 6.45) is 0.548. The first-order chi connectivity index (χ1) is 14.3. The molecule has 0 N–H and O–H groups in total. The van der Waals surface area contributed by atoms with Crippen molar-refractivity contribution in [1.29, 1.82) is 0 Å². The van der Waals surface area contributed by atoms with Gasteiger partial charge in [0.15, 0.2) is 0 Å². The summed E-state index contributed by atoms with van der Waals surface area (Å²) < 4.78 is 48.0. The highest BCUT2D eigenvalue weighted by Crippen LogP contribution is 2.40. The maximum absolute atomic E-state index is 13.7. The second-order valence-electron chi connectivity index (χ2n) is 7.65. The van der Waals surface area contributed by atoms with E-state index >= 15 is 0 Å². The van der Waals surface area contributed by atoms with E-state index in [-0.39, 0.29) is 41.7 Å². The highest BCUT2D eigenvalue weighted by Gasteiger charge is 2.38.